The Kier molecular flexibility index (Phi) is 6.02. The van der Waals surface area contributed by atoms with Gasteiger partial charge in [-0.3, -0.25) is 4.99 Å². The summed E-state index contributed by atoms with van der Waals surface area (Å²) in [5.41, 5.74) is 2.68. The van der Waals surface area contributed by atoms with Crippen LogP contribution >= 0.6 is 0 Å². The third kappa shape index (κ3) is 4.19. The van der Waals surface area contributed by atoms with Gasteiger partial charge in [0.05, 0.1) is 6.61 Å². The van der Waals surface area contributed by atoms with Gasteiger partial charge in [-0.25, -0.2) is 0 Å². The Morgan fingerprint density at radius 3 is 2.95 bits per heavy atom. The molecule has 21 heavy (non-hydrogen) atoms. The Hall–Kier alpha value is -1.59. The van der Waals surface area contributed by atoms with Gasteiger partial charge in [-0.1, -0.05) is 18.2 Å². The Morgan fingerprint density at radius 1 is 1.38 bits per heavy atom. The van der Waals surface area contributed by atoms with Gasteiger partial charge >= 0.3 is 0 Å². The number of nitrogens with zero attached hydrogens (tertiary/aromatic N) is 3. The van der Waals surface area contributed by atoms with Crippen molar-refractivity contribution in [3.05, 3.63) is 29.8 Å². The van der Waals surface area contributed by atoms with E-state index in [1.807, 2.05) is 7.05 Å². The van der Waals surface area contributed by atoms with Gasteiger partial charge in [0.1, 0.15) is 0 Å². The predicted octanol–water partition coefficient (Wildman–Crippen LogP) is 1.20. The first-order chi connectivity index (χ1) is 10.3. The molecule has 0 bridgehead atoms. The standard InChI is InChI=1S/C16H26N4O/c1-17-16(18-9-11-19(2)12-13-21-3)20-10-8-14-6-4-5-7-15(14)20/h4-7H,8-13H2,1-3H3,(H,17,18). The minimum absolute atomic E-state index is 0.769. The van der Waals surface area contributed by atoms with Crippen LogP contribution in [0.5, 0.6) is 0 Å². The third-order valence-corrected chi connectivity index (χ3v) is 3.81. The highest BCUT2D eigenvalue weighted by Gasteiger charge is 2.22. The van der Waals surface area contributed by atoms with Gasteiger partial charge in [-0.05, 0) is 25.1 Å². The first kappa shape index (κ1) is 15.8. The molecule has 1 aliphatic heterocycles. The molecule has 0 amide bonds. The molecule has 1 heterocycles. The molecule has 0 radical (unpaired) electrons. The van der Waals surface area contributed by atoms with E-state index in [1.54, 1.807) is 7.11 Å². The molecule has 116 valence electrons. The van der Waals surface area contributed by atoms with Crippen LogP contribution in [0.15, 0.2) is 29.3 Å². The molecule has 1 aromatic carbocycles. The molecule has 5 nitrogen and oxygen atoms in total. The average Bonchev–Trinajstić information content (AvgIpc) is 2.93. The zero-order valence-corrected chi connectivity index (χ0v) is 13.3. The number of hydrogen-bond donors (Lipinski definition) is 1. The molecule has 0 aromatic heterocycles. The number of hydrogen-bond acceptors (Lipinski definition) is 3. The van der Waals surface area contributed by atoms with Crippen molar-refractivity contribution in [1.29, 1.82) is 0 Å². The Morgan fingerprint density at radius 2 is 2.19 bits per heavy atom. The van der Waals surface area contributed by atoms with E-state index < -0.39 is 0 Å². The maximum Gasteiger partial charge on any atom is 0.198 e. The monoisotopic (exact) mass is 290 g/mol. The van der Waals surface area contributed by atoms with Crippen molar-refractivity contribution < 1.29 is 4.74 Å². The SMILES string of the molecule is CN=C(NCCN(C)CCOC)N1CCc2ccccc21. The van der Waals surface area contributed by atoms with Crippen molar-refractivity contribution in [2.75, 3.05) is 58.9 Å². The van der Waals surface area contributed by atoms with E-state index in [4.69, 9.17) is 4.74 Å². The lowest BCUT2D eigenvalue weighted by atomic mass is 10.2. The summed E-state index contributed by atoms with van der Waals surface area (Å²) in [4.78, 5) is 8.94. The molecule has 0 saturated carbocycles. The van der Waals surface area contributed by atoms with Gasteiger partial charge in [0.15, 0.2) is 5.96 Å². The minimum Gasteiger partial charge on any atom is -0.383 e. The number of nitrogens with one attached hydrogen (secondary N) is 1. The molecule has 0 atom stereocenters. The van der Waals surface area contributed by atoms with Crippen LogP contribution in [-0.2, 0) is 11.2 Å². The first-order valence-electron chi connectivity index (χ1n) is 7.50. The van der Waals surface area contributed by atoms with Gasteiger partial charge in [-0.2, -0.15) is 0 Å². The predicted molar refractivity (Wildman–Crippen MR) is 88.2 cm³/mol. The zero-order valence-electron chi connectivity index (χ0n) is 13.3. The molecule has 0 spiro atoms. The van der Waals surface area contributed by atoms with E-state index in [0.717, 1.165) is 45.2 Å². The second-order valence-corrected chi connectivity index (χ2v) is 5.30. The van der Waals surface area contributed by atoms with Crippen LogP contribution in [0, 0.1) is 0 Å². The van der Waals surface area contributed by atoms with Crippen LogP contribution in [0.1, 0.15) is 5.56 Å². The van der Waals surface area contributed by atoms with E-state index in [2.05, 4.69) is 51.4 Å². The summed E-state index contributed by atoms with van der Waals surface area (Å²) in [6.45, 7) is 4.57. The highest BCUT2D eigenvalue weighted by atomic mass is 16.5. The largest absolute Gasteiger partial charge is 0.383 e. The third-order valence-electron chi connectivity index (χ3n) is 3.81. The lowest BCUT2D eigenvalue weighted by Gasteiger charge is -2.23. The topological polar surface area (TPSA) is 40.1 Å². The van der Waals surface area contributed by atoms with Crippen molar-refractivity contribution in [3.8, 4) is 0 Å². The molecule has 1 aromatic rings. The van der Waals surface area contributed by atoms with Crippen LogP contribution in [0.25, 0.3) is 0 Å². The smallest absolute Gasteiger partial charge is 0.198 e. The van der Waals surface area contributed by atoms with Gasteiger partial charge in [0, 0.05) is 46.0 Å². The average molecular weight is 290 g/mol. The lowest BCUT2D eigenvalue weighted by molar-refractivity contribution is 0.162. The van der Waals surface area contributed by atoms with E-state index in [9.17, 15) is 0 Å². The molecular formula is C16H26N4O. The van der Waals surface area contributed by atoms with E-state index in [-0.39, 0.29) is 0 Å². The number of aliphatic imine (C=N–C) groups is 1. The molecule has 0 fully saturated rings. The van der Waals surface area contributed by atoms with Crippen LogP contribution in [0.3, 0.4) is 0 Å². The second kappa shape index (κ2) is 8.00. The first-order valence-corrected chi connectivity index (χ1v) is 7.50. The van der Waals surface area contributed by atoms with Crippen molar-refractivity contribution >= 4 is 11.6 Å². The summed E-state index contributed by atoms with van der Waals surface area (Å²) < 4.78 is 5.09. The van der Waals surface area contributed by atoms with Crippen LogP contribution in [-0.4, -0.2) is 64.9 Å². The Balaban J connectivity index is 1.85. The minimum atomic E-state index is 0.769. The van der Waals surface area contributed by atoms with E-state index >= 15 is 0 Å². The number of rotatable bonds is 6. The molecule has 0 unspecified atom stereocenters. The molecule has 5 heteroatoms. The molecule has 1 N–H and O–H groups in total. The molecule has 0 saturated heterocycles. The van der Waals surface area contributed by atoms with Gasteiger partial charge in [-0.15, -0.1) is 0 Å². The summed E-state index contributed by atoms with van der Waals surface area (Å²) in [7, 11) is 5.69. The van der Waals surface area contributed by atoms with Gasteiger partial charge in [0.25, 0.3) is 0 Å². The number of ether oxygens (including phenoxy) is 1. The van der Waals surface area contributed by atoms with E-state index in [0.29, 0.717) is 0 Å². The number of guanidine groups is 1. The summed E-state index contributed by atoms with van der Waals surface area (Å²) in [5, 5.41) is 3.45. The Bertz CT molecular complexity index is 475. The normalized spacial score (nSPS) is 14.7. The summed E-state index contributed by atoms with van der Waals surface area (Å²) in [6, 6.07) is 8.55. The molecular weight excluding hydrogens is 264 g/mol. The van der Waals surface area contributed by atoms with E-state index in [1.165, 1.54) is 11.3 Å². The molecule has 0 aliphatic carbocycles. The lowest BCUT2D eigenvalue weighted by Crippen LogP contribution is -2.43. The summed E-state index contributed by atoms with van der Waals surface area (Å²) >= 11 is 0. The summed E-state index contributed by atoms with van der Waals surface area (Å²) in [6.07, 6.45) is 1.09. The molecule has 1 aliphatic rings. The highest BCUT2D eigenvalue weighted by Crippen LogP contribution is 2.27. The molecule has 2 rings (SSSR count). The van der Waals surface area contributed by atoms with Crippen LogP contribution in [0.4, 0.5) is 5.69 Å². The highest BCUT2D eigenvalue weighted by molar-refractivity contribution is 5.97. The number of likely N-dealkylation sites (N-methyl/N-ethyl adjacent to an activating group) is 1. The quantitative estimate of drug-likeness (QED) is 0.631. The maximum absolute atomic E-state index is 5.09. The second-order valence-electron chi connectivity index (χ2n) is 5.30. The van der Waals surface area contributed by atoms with Crippen molar-refractivity contribution in [3.63, 3.8) is 0 Å². The number of methoxy groups -OCH3 is 1. The van der Waals surface area contributed by atoms with Crippen molar-refractivity contribution in [2.24, 2.45) is 4.99 Å². The summed E-state index contributed by atoms with van der Waals surface area (Å²) in [5.74, 6) is 0.958. The number of benzene rings is 1. The maximum atomic E-state index is 5.09. The van der Waals surface area contributed by atoms with Crippen LogP contribution < -0.4 is 10.2 Å². The van der Waals surface area contributed by atoms with Crippen molar-refractivity contribution in [2.45, 2.75) is 6.42 Å². The Labute approximate surface area is 127 Å². The van der Waals surface area contributed by atoms with Gasteiger partial charge in [0.2, 0.25) is 0 Å². The fourth-order valence-corrected chi connectivity index (χ4v) is 2.57. The zero-order chi connectivity index (χ0) is 15.1. The fourth-order valence-electron chi connectivity index (χ4n) is 2.57. The van der Waals surface area contributed by atoms with Crippen molar-refractivity contribution in [1.82, 2.24) is 10.2 Å². The van der Waals surface area contributed by atoms with Gasteiger partial charge < -0.3 is 19.9 Å². The number of fused-ring (bicyclic) bond motifs is 1. The number of para-hydroxylation sites is 1. The fraction of sp³-hybridized carbons (Fsp3) is 0.562. The number of anilines is 1. The van der Waals surface area contributed by atoms with Crippen LogP contribution in [0.2, 0.25) is 0 Å².